The molecule has 0 saturated heterocycles. The maximum atomic E-state index is 12.8. The summed E-state index contributed by atoms with van der Waals surface area (Å²) < 4.78 is 19.8. The normalized spacial score (nSPS) is 10.4. The monoisotopic (exact) mass is 327 g/mol. The van der Waals surface area contributed by atoms with Gasteiger partial charge in [0, 0.05) is 12.6 Å². The van der Waals surface area contributed by atoms with Crippen LogP contribution in [0, 0.1) is 5.82 Å². The average molecular weight is 327 g/mol. The first-order valence-corrected chi connectivity index (χ1v) is 7.18. The molecule has 0 saturated carbocycles. The van der Waals surface area contributed by atoms with Gasteiger partial charge in [0.15, 0.2) is 6.61 Å². The number of amides is 1. The molecule has 0 fully saturated rings. The number of hydrogen-bond donors (Lipinski definition) is 1. The van der Waals surface area contributed by atoms with Crippen molar-refractivity contribution < 1.29 is 13.9 Å². The van der Waals surface area contributed by atoms with Crippen molar-refractivity contribution >= 4 is 5.91 Å². The van der Waals surface area contributed by atoms with Gasteiger partial charge in [-0.05, 0) is 40.3 Å². The van der Waals surface area contributed by atoms with E-state index < -0.39 is 0 Å². The molecule has 2 aromatic carbocycles. The Balaban J connectivity index is 1.51. The van der Waals surface area contributed by atoms with E-state index in [9.17, 15) is 9.18 Å². The number of carbonyl (C=O) groups is 1. The van der Waals surface area contributed by atoms with Gasteiger partial charge in [-0.2, -0.15) is 0 Å². The quantitative estimate of drug-likeness (QED) is 0.742. The van der Waals surface area contributed by atoms with Crippen LogP contribution in [0.3, 0.4) is 0 Å². The van der Waals surface area contributed by atoms with E-state index in [2.05, 4.69) is 20.8 Å². The van der Waals surface area contributed by atoms with Crippen molar-refractivity contribution in [3.05, 3.63) is 66.2 Å². The SMILES string of the molecule is O=C(COc1cccc(-n2cnnn2)c1)NCc1ccc(F)cc1. The van der Waals surface area contributed by atoms with Crippen LogP contribution in [0.15, 0.2) is 54.9 Å². The number of aromatic nitrogens is 4. The van der Waals surface area contributed by atoms with Gasteiger partial charge in [0.1, 0.15) is 17.9 Å². The lowest BCUT2D eigenvalue weighted by molar-refractivity contribution is -0.123. The first-order chi connectivity index (χ1) is 11.7. The van der Waals surface area contributed by atoms with Crippen LogP contribution < -0.4 is 10.1 Å². The smallest absolute Gasteiger partial charge is 0.258 e. The van der Waals surface area contributed by atoms with Crippen LogP contribution in [0.1, 0.15) is 5.56 Å². The topological polar surface area (TPSA) is 81.9 Å². The van der Waals surface area contributed by atoms with Crippen LogP contribution >= 0.6 is 0 Å². The number of nitrogens with zero attached hydrogens (tertiary/aromatic N) is 4. The fourth-order valence-corrected chi connectivity index (χ4v) is 2.00. The number of tetrazole rings is 1. The van der Waals surface area contributed by atoms with Crippen LogP contribution in [-0.4, -0.2) is 32.7 Å². The van der Waals surface area contributed by atoms with E-state index in [0.717, 1.165) is 11.3 Å². The molecule has 3 rings (SSSR count). The van der Waals surface area contributed by atoms with Gasteiger partial charge in [0.2, 0.25) is 0 Å². The highest BCUT2D eigenvalue weighted by atomic mass is 19.1. The second kappa shape index (κ2) is 7.32. The van der Waals surface area contributed by atoms with Crippen molar-refractivity contribution in [2.45, 2.75) is 6.54 Å². The molecular formula is C16H14FN5O2. The molecular weight excluding hydrogens is 313 g/mol. The van der Waals surface area contributed by atoms with Crippen molar-refractivity contribution in [1.82, 2.24) is 25.5 Å². The van der Waals surface area contributed by atoms with E-state index >= 15 is 0 Å². The summed E-state index contributed by atoms with van der Waals surface area (Å²) in [5.74, 6) is -0.0528. The van der Waals surface area contributed by atoms with Gasteiger partial charge in [0.25, 0.3) is 5.91 Å². The maximum absolute atomic E-state index is 12.8. The van der Waals surface area contributed by atoms with Crippen molar-refractivity contribution in [1.29, 1.82) is 0 Å². The van der Waals surface area contributed by atoms with Gasteiger partial charge < -0.3 is 10.1 Å². The number of ether oxygens (including phenoxy) is 1. The van der Waals surface area contributed by atoms with Gasteiger partial charge in [0.05, 0.1) is 5.69 Å². The zero-order valence-electron chi connectivity index (χ0n) is 12.6. The molecule has 0 radical (unpaired) electrons. The van der Waals surface area contributed by atoms with Gasteiger partial charge in [-0.25, -0.2) is 9.07 Å². The minimum Gasteiger partial charge on any atom is -0.484 e. The Hall–Kier alpha value is -3.29. The summed E-state index contributed by atoms with van der Waals surface area (Å²) in [5.41, 5.74) is 1.54. The third-order valence-corrected chi connectivity index (χ3v) is 3.20. The number of nitrogens with one attached hydrogen (secondary N) is 1. The number of benzene rings is 2. The van der Waals surface area contributed by atoms with E-state index in [1.165, 1.54) is 23.1 Å². The van der Waals surface area contributed by atoms with E-state index in [0.29, 0.717) is 12.3 Å². The molecule has 0 aliphatic heterocycles. The predicted molar refractivity (Wildman–Crippen MR) is 82.9 cm³/mol. The van der Waals surface area contributed by atoms with Crippen LogP contribution in [-0.2, 0) is 11.3 Å². The van der Waals surface area contributed by atoms with E-state index in [-0.39, 0.29) is 18.3 Å². The predicted octanol–water partition coefficient (Wildman–Crippen LogP) is 1.50. The van der Waals surface area contributed by atoms with Gasteiger partial charge in [-0.15, -0.1) is 5.10 Å². The molecule has 1 aromatic heterocycles. The fourth-order valence-electron chi connectivity index (χ4n) is 2.00. The van der Waals surface area contributed by atoms with Crippen molar-refractivity contribution in [3.8, 4) is 11.4 Å². The molecule has 0 aliphatic carbocycles. The summed E-state index contributed by atoms with van der Waals surface area (Å²) in [5, 5.41) is 13.6. The highest BCUT2D eigenvalue weighted by molar-refractivity contribution is 5.77. The van der Waals surface area contributed by atoms with E-state index in [4.69, 9.17) is 4.74 Å². The minimum absolute atomic E-state index is 0.125. The van der Waals surface area contributed by atoms with E-state index in [1.807, 2.05) is 6.07 Å². The molecule has 1 amide bonds. The Morgan fingerprint density at radius 1 is 1.21 bits per heavy atom. The molecule has 3 aromatic rings. The van der Waals surface area contributed by atoms with Crippen LogP contribution in [0.5, 0.6) is 5.75 Å². The Morgan fingerprint density at radius 3 is 2.79 bits per heavy atom. The van der Waals surface area contributed by atoms with Crippen molar-refractivity contribution in [2.75, 3.05) is 6.61 Å². The molecule has 0 spiro atoms. The Kier molecular flexibility index (Phi) is 4.76. The molecule has 1 heterocycles. The highest BCUT2D eigenvalue weighted by Crippen LogP contribution is 2.15. The van der Waals surface area contributed by atoms with Crippen LogP contribution in [0.25, 0.3) is 5.69 Å². The van der Waals surface area contributed by atoms with Crippen LogP contribution in [0.4, 0.5) is 4.39 Å². The molecule has 0 atom stereocenters. The average Bonchev–Trinajstić information content (AvgIpc) is 3.14. The Labute approximate surface area is 137 Å². The molecule has 0 bridgehead atoms. The molecule has 7 nitrogen and oxygen atoms in total. The molecule has 0 aliphatic rings. The lowest BCUT2D eigenvalue weighted by atomic mass is 10.2. The molecule has 1 N–H and O–H groups in total. The second-order valence-corrected chi connectivity index (χ2v) is 4.94. The Bertz CT molecular complexity index is 806. The molecule has 24 heavy (non-hydrogen) atoms. The standard InChI is InChI=1S/C16H14FN5O2/c17-13-6-4-12(5-7-13)9-18-16(23)10-24-15-3-1-2-14(8-15)22-11-19-20-21-22/h1-8,11H,9-10H2,(H,18,23). The summed E-state index contributed by atoms with van der Waals surface area (Å²) in [7, 11) is 0. The third-order valence-electron chi connectivity index (χ3n) is 3.20. The van der Waals surface area contributed by atoms with Crippen molar-refractivity contribution in [2.24, 2.45) is 0 Å². The first kappa shape index (κ1) is 15.6. The number of carbonyl (C=O) groups excluding carboxylic acids is 1. The molecule has 122 valence electrons. The minimum atomic E-state index is -0.309. The summed E-state index contributed by atoms with van der Waals surface area (Å²) in [6.07, 6.45) is 1.47. The summed E-state index contributed by atoms with van der Waals surface area (Å²) in [6, 6.07) is 13.0. The summed E-state index contributed by atoms with van der Waals surface area (Å²) in [6.45, 7) is 0.188. The number of halogens is 1. The van der Waals surface area contributed by atoms with E-state index in [1.54, 1.807) is 30.3 Å². The summed E-state index contributed by atoms with van der Waals surface area (Å²) >= 11 is 0. The third kappa shape index (κ3) is 4.13. The number of hydrogen-bond acceptors (Lipinski definition) is 5. The molecule has 0 unspecified atom stereocenters. The summed E-state index contributed by atoms with van der Waals surface area (Å²) in [4.78, 5) is 11.8. The zero-order valence-corrected chi connectivity index (χ0v) is 12.6. The van der Waals surface area contributed by atoms with Gasteiger partial charge in [-0.3, -0.25) is 4.79 Å². The maximum Gasteiger partial charge on any atom is 0.258 e. The highest BCUT2D eigenvalue weighted by Gasteiger charge is 2.05. The lowest BCUT2D eigenvalue weighted by Crippen LogP contribution is -2.28. The van der Waals surface area contributed by atoms with Crippen molar-refractivity contribution in [3.63, 3.8) is 0 Å². The number of rotatable bonds is 6. The molecule has 8 heteroatoms. The fraction of sp³-hybridized carbons (Fsp3) is 0.125. The second-order valence-electron chi connectivity index (χ2n) is 4.94. The Morgan fingerprint density at radius 2 is 2.04 bits per heavy atom. The first-order valence-electron chi connectivity index (χ1n) is 7.18. The van der Waals surface area contributed by atoms with Gasteiger partial charge in [-0.1, -0.05) is 18.2 Å². The zero-order chi connectivity index (χ0) is 16.8. The lowest BCUT2D eigenvalue weighted by Gasteiger charge is -2.08. The largest absolute Gasteiger partial charge is 0.484 e. The van der Waals surface area contributed by atoms with Crippen LogP contribution in [0.2, 0.25) is 0 Å². The van der Waals surface area contributed by atoms with Gasteiger partial charge >= 0.3 is 0 Å².